The highest BCUT2D eigenvalue weighted by molar-refractivity contribution is 8.03. The summed E-state index contributed by atoms with van der Waals surface area (Å²) in [7, 11) is 0. The molecule has 6 nitrogen and oxygen atoms in total. The number of nitrogens with one attached hydrogen (secondary N) is 2. The van der Waals surface area contributed by atoms with Gasteiger partial charge in [0.1, 0.15) is 12.4 Å². The number of allylic oxidation sites excluding steroid dienone is 3. The largest absolute Gasteiger partial charge is 0.489 e. The number of carbonyl (C=O) groups excluding carboxylic acids is 2. The van der Waals surface area contributed by atoms with Crippen molar-refractivity contribution in [1.82, 2.24) is 5.32 Å². The zero-order valence-corrected chi connectivity index (χ0v) is 23.6. The summed E-state index contributed by atoms with van der Waals surface area (Å²) >= 11 is 7.45. The van der Waals surface area contributed by atoms with Crippen molar-refractivity contribution in [2.45, 2.75) is 38.7 Å². The molecule has 1 aliphatic heterocycles. The monoisotopic (exact) mass is 569 g/mol. The van der Waals surface area contributed by atoms with E-state index in [0.29, 0.717) is 52.1 Å². The highest BCUT2D eigenvalue weighted by Gasteiger charge is 2.37. The number of amides is 1. The van der Waals surface area contributed by atoms with E-state index in [9.17, 15) is 14.9 Å². The number of hydrogen-bond acceptors (Lipinski definition) is 6. The van der Waals surface area contributed by atoms with Gasteiger partial charge in [0.25, 0.3) is 0 Å². The predicted octanol–water partition coefficient (Wildman–Crippen LogP) is 7.03. The van der Waals surface area contributed by atoms with E-state index < -0.39 is 5.92 Å². The van der Waals surface area contributed by atoms with Crippen molar-refractivity contribution in [3.8, 4) is 11.8 Å². The topological polar surface area (TPSA) is 91.2 Å². The molecule has 0 bridgehead atoms. The van der Waals surface area contributed by atoms with Gasteiger partial charge in [0.05, 0.1) is 28.3 Å². The quantitative estimate of drug-likeness (QED) is 0.303. The molecule has 2 aliphatic rings. The molecule has 3 aromatic carbocycles. The molecule has 3 aromatic rings. The third kappa shape index (κ3) is 6.09. The lowest BCUT2D eigenvalue weighted by Gasteiger charge is -2.33. The minimum Gasteiger partial charge on any atom is -0.489 e. The van der Waals surface area contributed by atoms with Crippen LogP contribution in [0.5, 0.6) is 5.75 Å². The van der Waals surface area contributed by atoms with E-state index in [1.807, 2.05) is 61.5 Å². The van der Waals surface area contributed by atoms with Crippen LogP contribution < -0.4 is 15.4 Å². The lowest BCUT2D eigenvalue weighted by atomic mass is 9.77. The summed E-state index contributed by atoms with van der Waals surface area (Å²) in [6.45, 7) is 2.29. The second-order valence-corrected chi connectivity index (χ2v) is 11.1. The van der Waals surface area contributed by atoms with Gasteiger partial charge < -0.3 is 15.4 Å². The minimum absolute atomic E-state index is 0.0501. The van der Waals surface area contributed by atoms with Crippen LogP contribution in [0.15, 0.2) is 94.7 Å². The number of rotatable bonds is 8. The van der Waals surface area contributed by atoms with E-state index in [4.69, 9.17) is 16.3 Å². The van der Waals surface area contributed by atoms with Gasteiger partial charge in [-0.1, -0.05) is 71.9 Å². The Morgan fingerprint density at radius 2 is 1.88 bits per heavy atom. The van der Waals surface area contributed by atoms with Gasteiger partial charge in [0.15, 0.2) is 5.78 Å². The van der Waals surface area contributed by atoms with Crippen LogP contribution >= 0.6 is 23.4 Å². The molecule has 8 heteroatoms. The molecular formula is C32H28ClN3O3S. The first-order valence-electron chi connectivity index (χ1n) is 13.1. The third-order valence-electron chi connectivity index (χ3n) is 7.01. The Morgan fingerprint density at radius 3 is 2.62 bits per heavy atom. The van der Waals surface area contributed by atoms with Crippen LogP contribution in [0.2, 0.25) is 5.02 Å². The Morgan fingerprint density at radius 1 is 1.10 bits per heavy atom. The normalized spacial score (nSPS) is 16.6. The number of nitriles is 1. The molecule has 1 heterocycles. The summed E-state index contributed by atoms with van der Waals surface area (Å²) in [5, 5.41) is 17.7. The number of dihydropyridines is 1. The first-order chi connectivity index (χ1) is 19.4. The fraction of sp³-hybridized carbons (Fsp3) is 0.219. The van der Waals surface area contributed by atoms with Gasteiger partial charge >= 0.3 is 0 Å². The molecule has 2 N–H and O–H groups in total. The molecule has 0 spiro atoms. The number of halogens is 1. The van der Waals surface area contributed by atoms with Gasteiger partial charge in [-0.15, -0.1) is 0 Å². The number of ketones is 1. The van der Waals surface area contributed by atoms with Crippen molar-refractivity contribution in [2.75, 3.05) is 11.1 Å². The predicted molar refractivity (Wildman–Crippen MR) is 159 cm³/mol. The third-order valence-corrected chi connectivity index (χ3v) is 8.44. The zero-order chi connectivity index (χ0) is 28.1. The molecule has 0 aromatic heterocycles. The highest BCUT2D eigenvalue weighted by Crippen LogP contribution is 2.44. The fourth-order valence-corrected chi connectivity index (χ4v) is 5.97. The van der Waals surface area contributed by atoms with Gasteiger partial charge in [-0.25, -0.2) is 0 Å². The molecule has 1 amide bonds. The maximum atomic E-state index is 13.1. The van der Waals surface area contributed by atoms with Crippen molar-refractivity contribution in [2.24, 2.45) is 0 Å². The Hall–Kier alpha value is -3.99. The van der Waals surface area contributed by atoms with Crippen molar-refractivity contribution < 1.29 is 14.3 Å². The van der Waals surface area contributed by atoms with Crippen LogP contribution in [-0.2, 0) is 16.2 Å². The van der Waals surface area contributed by atoms with Crippen molar-refractivity contribution in [3.63, 3.8) is 0 Å². The first kappa shape index (κ1) is 27.6. The minimum atomic E-state index is -0.502. The van der Waals surface area contributed by atoms with Crippen LogP contribution in [0.3, 0.4) is 0 Å². The summed E-state index contributed by atoms with van der Waals surface area (Å²) in [5.74, 6) is 0.135. The van der Waals surface area contributed by atoms with Gasteiger partial charge in [0, 0.05) is 28.4 Å². The van der Waals surface area contributed by atoms with Gasteiger partial charge in [-0.2, -0.15) is 5.26 Å². The van der Waals surface area contributed by atoms with Gasteiger partial charge in [-0.05, 0) is 60.7 Å². The smallest absolute Gasteiger partial charge is 0.234 e. The van der Waals surface area contributed by atoms with Crippen molar-refractivity contribution in [1.29, 1.82) is 5.26 Å². The number of anilines is 1. The van der Waals surface area contributed by atoms with Gasteiger partial charge in [0.2, 0.25) is 5.91 Å². The number of hydrogen-bond donors (Lipinski definition) is 2. The summed E-state index contributed by atoms with van der Waals surface area (Å²) in [5.41, 5.74) is 5.26. The molecule has 40 heavy (non-hydrogen) atoms. The summed E-state index contributed by atoms with van der Waals surface area (Å²) in [6, 6.07) is 25.2. The van der Waals surface area contributed by atoms with Crippen LogP contribution in [-0.4, -0.2) is 17.4 Å². The lowest BCUT2D eigenvalue weighted by Crippen LogP contribution is -2.31. The lowest BCUT2D eigenvalue weighted by molar-refractivity contribution is -0.116. The number of carbonyl (C=O) groups is 2. The van der Waals surface area contributed by atoms with Gasteiger partial charge in [-0.3, -0.25) is 9.59 Å². The maximum Gasteiger partial charge on any atom is 0.234 e. The molecule has 0 saturated carbocycles. The Balaban J connectivity index is 1.37. The molecule has 202 valence electrons. The summed E-state index contributed by atoms with van der Waals surface area (Å²) in [6.07, 6.45) is 1.92. The van der Waals surface area contributed by atoms with Crippen LogP contribution in [0.25, 0.3) is 0 Å². The van der Waals surface area contributed by atoms with Crippen molar-refractivity contribution >= 4 is 40.7 Å². The second kappa shape index (κ2) is 12.5. The second-order valence-electron chi connectivity index (χ2n) is 9.67. The number of thioether (sulfide) groups is 1. The van der Waals surface area contributed by atoms with E-state index in [-0.39, 0.29) is 17.4 Å². The standard InChI is InChI=1S/C32H28ClN3O3S/c1-20-25(33)9-5-10-26(20)35-29(38)19-40-32-24(17-34)30(31-27(36-32)11-6-12-28(31)37)22-13-15-23(16-14-22)39-18-21-7-3-2-4-8-21/h2-5,7-10,13-16,30,36H,6,11-12,18-19H2,1H3,(H,35,38). The van der Waals surface area contributed by atoms with Crippen LogP contribution in [0.4, 0.5) is 5.69 Å². The molecule has 1 unspecified atom stereocenters. The van der Waals surface area contributed by atoms with E-state index in [1.165, 1.54) is 11.8 Å². The molecule has 1 atom stereocenters. The molecule has 0 saturated heterocycles. The highest BCUT2D eigenvalue weighted by atomic mass is 35.5. The summed E-state index contributed by atoms with van der Waals surface area (Å²) < 4.78 is 5.94. The Kier molecular flexibility index (Phi) is 8.59. The summed E-state index contributed by atoms with van der Waals surface area (Å²) in [4.78, 5) is 25.9. The Bertz CT molecular complexity index is 1540. The number of benzene rings is 3. The average Bonchev–Trinajstić information content (AvgIpc) is 2.97. The molecule has 0 radical (unpaired) electrons. The molecule has 5 rings (SSSR count). The number of Topliss-reactive ketones (excluding diaryl/α,β-unsaturated/α-hetero) is 1. The van der Waals surface area contributed by atoms with E-state index >= 15 is 0 Å². The fourth-order valence-electron chi connectivity index (χ4n) is 4.94. The van der Waals surface area contributed by atoms with Crippen molar-refractivity contribution in [3.05, 3.63) is 116 Å². The zero-order valence-electron chi connectivity index (χ0n) is 22.0. The van der Waals surface area contributed by atoms with E-state index in [0.717, 1.165) is 28.8 Å². The molecular weight excluding hydrogens is 542 g/mol. The van der Waals surface area contributed by atoms with Crippen LogP contribution in [0.1, 0.15) is 41.9 Å². The molecule has 0 fully saturated rings. The average molecular weight is 570 g/mol. The number of nitrogens with zero attached hydrogens (tertiary/aromatic N) is 1. The van der Waals surface area contributed by atoms with E-state index in [1.54, 1.807) is 18.2 Å². The maximum absolute atomic E-state index is 13.1. The SMILES string of the molecule is Cc1c(Cl)cccc1NC(=O)CSC1=C(C#N)C(c2ccc(OCc3ccccc3)cc2)C2=C(CCCC2=O)N1. The number of ether oxygens (including phenoxy) is 1. The van der Waals surface area contributed by atoms with Crippen LogP contribution in [0, 0.1) is 18.3 Å². The first-order valence-corrected chi connectivity index (χ1v) is 14.4. The van der Waals surface area contributed by atoms with E-state index in [2.05, 4.69) is 16.7 Å². The molecule has 1 aliphatic carbocycles. The Labute approximate surface area is 243 Å².